The van der Waals surface area contributed by atoms with E-state index in [-0.39, 0.29) is 16.8 Å². The largest absolute Gasteiger partial charge is 0.495 e. The predicted octanol–water partition coefficient (Wildman–Crippen LogP) is 2.34. The molecule has 0 aromatic heterocycles. The van der Waals surface area contributed by atoms with Crippen LogP contribution < -0.4 is 14.4 Å². The average molecular weight is 418 g/mol. The Hall–Kier alpha value is -2.58. The average Bonchev–Trinajstić information content (AvgIpc) is 2.72. The van der Waals surface area contributed by atoms with E-state index in [1.165, 1.54) is 12.1 Å². The highest BCUT2D eigenvalue weighted by Gasteiger charge is 2.25. The van der Waals surface area contributed by atoms with Crippen LogP contribution in [0.3, 0.4) is 0 Å². The molecule has 29 heavy (non-hydrogen) atoms. The Bertz CT molecular complexity index is 967. The van der Waals surface area contributed by atoms with Gasteiger partial charge in [-0.1, -0.05) is 18.2 Å². The molecule has 7 nitrogen and oxygen atoms in total. The van der Waals surface area contributed by atoms with Gasteiger partial charge in [-0.2, -0.15) is 0 Å². The van der Waals surface area contributed by atoms with Crippen LogP contribution in [0.1, 0.15) is 24.2 Å². The maximum Gasteiger partial charge on any atom is 0.254 e. The van der Waals surface area contributed by atoms with Gasteiger partial charge in [0.2, 0.25) is 10.0 Å². The van der Waals surface area contributed by atoms with Crippen molar-refractivity contribution in [1.29, 1.82) is 0 Å². The summed E-state index contributed by atoms with van der Waals surface area (Å²) in [5.74, 6) is 0.647. The van der Waals surface area contributed by atoms with Gasteiger partial charge in [0.25, 0.3) is 5.91 Å². The number of carbonyl (C=O) groups excluding carboxylic acids is 1. The fourth-order valence-electron chi connectivity index (χ4n) is 3.40. The molecular formula is C21H27N3O4S. The van der Waals surface area contributed by atoms with E-state index in [0.29, 0.717) is 31.7 Å². The number of benzene rings is 2. The summed E-state index contributed by atoms with van der Waals surface area (Å²) >= 11 is 0. The molecule has 0 bridgehead atoms. The molecule has 0 aliphatic carbocycles. The van der Waals surface area contributed by atoms with Gasteiger partial charge in [0.05, 0.1) is 17.7 Å². The first-order valence-corrected chi connectivity index (χ1v) is 11.1. The van der Waals surface area contributed by atoms with Crippen molar-refractivity contribution in [2.24, 2.45) is 0 Å². The van der Waals surface area contributed by atoms with E-state index in [0.717, 1.165) is 11.4 Å². The summed E-state index contributed by atoms with van der Waals surface area (Å²) in [5.41, 5.74) is 1.39. The number of hydrogen-bond acceptors (Lipinski definition) is 5. The van der Waals surface area contributed by atoms with Gasteiger partial charge < -0.3 is 14.5 Å². The first-order chi connectivity index (χ1) is 13.8. The quantitative estimate of drug-likeness (QED) is 0.781. The lowest BCUT2D eigenvalue weighted by atomic mass is 10.1. The van der Waals surface area contributed by atoms with Crippen molar-refractivity contribution in [3.63, 3.8) is 0 Å². The number of para-hydroxylation sites is 2. The van der Waals surface area contributed by atoms with E-state index in [2.05, 4.69) is 9.62 Å². The van der Waals surface area contributed by atoms with Crippen molar-refractivity contribution < 1.29 is 17.9 Å². The highest BCUT2D eigenvalue weighted by atomic mass is 32.2. The molecule has 8 heteroatoms. The standard InChI is InChI=1S/C21H27N3O4S/c1-16(2)22-29(26,27)18-8-6-7-17(15-18)21(25)24-13-11-23(12-14-24)19-9-4-5-10-20(19)28-3/h4-10,15-16,22H,11-14H2,1-3H3. The Balaban J connectivity index is 1.71. The van der Waals surface area contributed by atoms with Crippen molar-refractivity contribution in [2.75, 3.05) is 38.2 Å². The molecule has 0 saturated carbocycles. The molecule has 1 N–H and O–H groups in total. The molecule has 156 valence electrons. The minimum absolute atomic E-state index is 0.102. The number of nitrogens with one attached hydrogen (secondary N) is 1. The normalized spacial score (nSPS) is 14.9. The van der Waals surface area contributed by atoms with Gasteiger partial charge in [0, 0.05) is 37.8 Å². The SMILES string of the molecule is COc1ccccc1N1CCN(C(=O)c2cccc(S(=O)(=O)NC(C)C)c2)CC1. The van der Waals surface area contributed by atoms with E-state index in [9.17, 15) is 13.2 Å². The van der Waals surface area contributed by atoms with Crippen LogP contribution in [-0.2, 0) is 10.0 Å². The van der Waals surface area contributed by atoms with Gasteiger partial charge in [0.1, 0.15) is 5.75 Å². The number of nitrogens with zero attached hydrogens (tertiary/aromatic N) is 2. The molecule has 1 heterocycles. The van der Waals surface area contributed by atoms with Gasteiger partial charge in [-0.3, -0.25) is 4.79 Å². The zero-order chi connectivity index (χ0) is 21.0. The van der Waals surface area contributed by atoms with Crippen LogP contribution in [0.4, 0.5) is 5.69 Å². The van der Waals surface area contributed by atoms with Crippen LogP contribution in [0.25, 0.3) is 0 Å². The number of hydrogen-bond donors (Lipinski definition) is 1. The summed E-state index contributed by atoms with van der Waals surface area (Å²) in [6.07, 6.45) is 0. The number of methoxy groups -OCH3 is 1. The number of carbonyl (C=O) groups is 1. The third kappa shape index (κ3) is 4.89. The zero-order valence-electron chi connectivity index (χ0n) is 17.0. The number of ether oxygens (including phenoxy) is 1. The fraction of sp³-hybridized carbons (Fsp3) is 0.381. The molecule has 1 aliphatic rings. The van der Waals surface area contributed by atoms with Gasteiger partial charge in [-0.25, -0.2) is 13.1 Å². The van der Waals surface area contributed by atoms with Crippen LogP contribution in [-0.4, -0.2) is 58.6 Å². The van der Waals surface area contributed by atoms with Crippen molar-refractivity contribution >= 4 is 21.6 Å². The summed E-state index contributed by atoms with van der Waals surface area (Å²) in [7, 11) is -2.00. The van der Waals surface area contributed by atoms with Gasteiger partial charge in [0.15, 0.2) is 0 Å². The lowest BCUT2D eigenvalue weighted by Crippen LogP contribution is -2.48. The summed E-state index contributed by atoms with van der Waals surface area (Å²) < 4.78 is 32.8. The monoisotopic (exact) mass is 417 g/mol. The van der Waals surface area contributed by atoms with E-state index < -0.39 is 10.0 Å². The van der Waals surface area contributed by atoms with Crippen LogP contribution in [0.5, 0.6) is 5.75 Å². The summed E-state index contributed by atoms with van der Waals surface area (Å²) in [6, 6.07) is 13.8. The van der Waals surface area contributed by atoms with Crippen LogP contribution in [0.2, 0.25) is 0 Å². The van der Waals surface area contributed by atoms with E-state index in [1.807, 2.05) is 24.3 Å². The molecule has 0 spiro atoms. The first-order valence-electron chi connectivity index (χ1n) is 9.61. The second-order valence-electron chi connectivity index (χ2n) is 7.25. The lowest BCUT2D eigenvalue weighted by Gasteiger charge is -2.36. The lowest BCUT2D eigenvalue weighted by molar-refractivity contribution is 0.0746. The van der Waals surface area contributed by atoms with Gasteiger partial charge in [-0.05, 0) is 44.2 Å². The highest BCUT2D eigenvalue weighted by molar-refractivity contribution is 7.89. The van der Waals surface area contributed by atoms with Crippen molar-refractivity contribution in [3.05, 3.63) is 54.1 Å². The number of amides is 1. The molecule has 0 unspecified atom stereocenters. The maximum absolute atomic E-state index is 12.9. The van der Waals surface area contributed by atoms with Gasteiger partial charge >= 0.3 is 0 Å². The molecule has 2 aromatic rings. The van der Waals surface area contributed by atoms with Crippen molar-refractivity contribution in [3.8, 4) is 5.75 Å². The number of piperazine rings is 1. The summed E-state index contributed by atoms with van der Waals surface area (Å²) in [6.45, 7) is 5.98. The van der Waals surface area contributed by atoms with E-state index in [4.69, 9.17) is 4.74 Å². The predicted molar refractivity (Wildman–Crippen MR) is 113 cm³/mol. The Morgan fingerprint density at radius 1 is 1.03 bits per heavy atom. The molecule has 1 fully saturated rings. The van der Waals surface area contributed by atoms with Crippen molar-refractivity contribution in [2.45, 2.75) is 24.8 Å². The third-order valence-electron chi connectivity index (χ3n) is 4.77. The van der Waals surface area contributed by atoms with Crippen LogP contribution in [0.15, 0.2) is 53.4 Å². The molecule has 0 atom stereocenters. The zero-order valence-corrected chi connectivity index (χ0v) is 17.8. The van der Waals surface area contributed by atoms with Crippen LogP contribution >= 0.6 is 0 Å². The molecule has 3 rings (SSSR count). The first kappa shape index (κ1) is 21.1. The minimum Gasteiger partial charge on any atom is -0.495 e. The van der Waals surface area contributed by atoms with E-state index >= 15 is 0 Å². The van der Waals surface area contributed by atoms with Gasteiger partial charge in [-0.15, -0.1) is 0 Å². The smallest absolute Gasteiger partial charge is 0.254 e. The van der Waals surface area contributed by atoms with Crippen molar-refractivity contribution in [1.82, 2.24) is 9.62 Å². The summed E-state index contributed by atoms with van der Waals surface area (Å²) in [5, 5.41) is 0. The van der Waals surface area contributed by atoms with Crippen LogP contribution in [0, 0.1) is 0 Å². The molecule has 1 aliphatic heterocycles. The third-order valence-corrected chi connectivity index (χ3v) is 6.43. The fourth-order valence-corrected chi connectivity index (χ4v) is 4.70. The second-order valence-corrected chi connectivity index (χ2v) is 8.97. The number of anilines is 1. The number of rotatable bonds is 6. The van der Waals surface area contributed by atoms with E-state index in [1.54, 1.807) is 38.0 Å². The Morgan fingerprint density at radius 2 is 1.72 bits per heavy atom. The molecule has 0 radical (unpaired) electrons. The molecule has 2 aromatic carbocycles. The Morgan fingerprint density at radius 3 is 2.38 bits per heavy atom. The molecule has 1 amide bonds. The molecular weight excluding hydrogens is 390 g/mol. The maximum atomic E-state index is 12.9. The second kappa shape index (κ2) is 8.84. The topological polar surface area (TPSA) is 79.0 Å². The summed E-state index contributed by atoms with van der Waals surface area (Å²) in [4.78, 5) is 17.0. The Labute approximate surface area is 172 Å². The highest BCUT2D eigenvalue weighted by Crippen LogP contribution is 2.28. The number of sulfonamides is 1. The Kier molecular flexibility index (Phi) is 6.44. The molecule has 1 saturated heterocycles. The minimum atomic E-state index is -3.64.